The zero-order valence-corrected chi connectivity index (χ0v) is 15.4. The second-order valence-corrected chi connectivity index (χ2v) is 7.27. The standard InChI is InChI=1S/C19H22FN5O2/c1-12-6-5-9-24(10-12)18-21-16-15(17(26)22-19(27)23(16)2)25(18)11-13-7-3-4-8-14(13)20/h3-4,7-8,12H,5-6,9-11H2,1-2H3,(H,22,26,27). The summed E-state index contributed by atoms with van der Waals surface area (Å²) in [5.41, 5.74) is 0.0492. The zero-order chi connectivity index (χ0) is 19.1. The van der Waals surface area contributed by atoms with Crippen LogP contribution < -0.4 is 16.1 Å². The van der Waals surface area contributed by atoms with Crippen LogP contribution >= 0.6 is 0 Å². The molecule has 1 aliphatic heterocycles. The van der Waals surface area contributed by atoms with Gasteiger partial charge < -0.3 is 4.90 Å². The lowest BCUT2D eigenvalue weighted by atomic mass is 10.0. The summed E-state index contributed by atoms with van der Waals surface area (Å²) in [6, 6.07) is 6.49. The number of piperidine rings is 1. The quantitative estimate of drug-likeness (QED) is 0.762. The first-order valence-electron chi connectivity index (χ1n) is 9.13. The summed E-state index contributed by atoms with van der Waals surface area (Å²) in [4.78, 5) is 33.6. The van der Waals surface area contributed by atoms with Crippen molar-refractivity contribution in [1.29, 1.82) is 0 Å². The Morgan fingerprint density at radius 1 is 1.30 bits per heavy atom. The van der Waals surface area contributed by atoms with Gasteiger partial charge in [-0.2, -0.15) is 4.98 Å². The van der Waals surface area contributed by atoms with E-state index < -0.39 is 11.2 Å². The number of nitrogens with zero attached hydrogens (tertiary/aromatic N) is 4. The molecule has 0 saturated carbocycles. The molecule has 0 bridgehead atoms. The Balaban J connectivity index is 1.94. The molecule has 1 aromatic carbocycles. The third-order valence-electron chi connectivity index (χ3n) is 5.21. The highest BCUT2D eigenvalue weighted by atomic mass is 19.1. The van der Waals surface area contributed by atoms with E-state index in [4.69, 9.17) is 0 Å². The Hall–Kier alpha value is -2.90. The first-order chi connectivity index (χ1) is 13.0. The number of aromatic nitrogens is 4. The Bertz CT molecular complexity index is 1110. The van der Waals surface area contributed by atoms with Gasteiger partial charge in [0.15, 0.2) is 11.2 Å². The molecular formula is C19H22FN5O2. The van der Waals surface area contributed by atoms with Gasteiger partial charge in [0.1, 0.15) is 5.82 Å². The lowest BCUT2D eigenvalue weighted by molar-refractivity contribution is 0.439. The van der Waals surface area contributed by atoms with Crippen LogP contribution in [0.1, 0.15) is 25.3 Å². The molecule has 0 radical (unpaired) electrons. The maximum Gasteiger partial charge on any atom is 0.329 e. The summed E-state index contributed by atoms with van der Waals surface area (Å²) < 4.78 is 17.3. The Morgan fingerprint density at radius 3 is 2.81 bits per heavy atom. The number of benzene rings is 1. The van der Waals surface area contributed by atoms with Crippen LogP contribution in [0.15, 0.2) is 33.9 Å². The number of aromatic amines is 1. The van der Waals surface area contributed by atoms with Gasteiger partial charge in [-0.15, -0.1) is 0 Å². The highest BCUT2D eigenvalue weighted by Crippen LogP contribution is 2.26. The molecule has 1 unspecified atom stereocenters. The van der Waals surface area contributed by atoms with E-state index >= 15 is 0 Å². The molecule has 142 valence electrons. The molecule has 3 aromatic rings. The summed E-state index contributed by atoms with van der Waals surface area (Å²) in [6.07, 6.45) is 2.17. The number of hydrogen-bond acceptors (Lipinski definition) is 4. The number of imidazole rings is 1. The number of nitrogens with one attached hydrogen (secondary N) is 1. The minimum absolute atomic E-state index is 0.171. The van der Waals surface area contributed by atoms with E-state index in [0.29, 0.717) is 23.1 Å². The lowest BCUT2D eigenvalue weighted by Crippen LogP contribution is -2.36. The van der Waals surface area contributed by atoms with Crippen LogP contribution in [0.5, 0.6) is 0 Å². The first-order valence-corrected chi connectivity index (χ1v) is 9.13. The molecule has 7 nitrogen and oxygen atoms in total. The summed E-state index contributed by atoms with van der Waals surface area (Å²) in [5.74, 6) is 0.771. The topological polar surface area (TPSA) is 75.9 Å². The Morgan fingerprint density at radius 2 is 2.07 bits per heavy atom. The van der Waals surface area contributed by atoms with Crippen molar-refractivity contribution in [2.75, 3.05) is 18.0 Å². The largest absolute Gasteiger partial charge is 0.342 e. The second kappa shape index (κ2) is 6.68. The number of halogens is 1. The number of hydrogen-bond donors (Lipinski definition) is 1. The molecule has 8 heteroatoms. The Labute approximate surface area is 155 Å². The lowest BCUT2D eigenvalue weighted by Gasteiger charge is -2.32. The maximum atomic E-state index is 14.3. The minimum Gasteiger partial charge on any atom is -0.342 e. The van der Waals surface area contributed by atoms with Gasteiger partial charge in [-0.1, -0.05) is 25.1 Å². The maximum absolute atomic E-state index is 14.3. The third kappa shape index (κ3) is 3.05. The van der Waals surface area contributed by atoms with Gasteiger partial charge >= 0.3 is 5.69 Å². The van der Waals surface area contributed by atoms with E-state index in [1.165, 1.54) is 10.6 Å². The van der Waals surface area contributed by atoms with E-state index in [1.54, 1.807) is 29.8 Å². The van der Waals surface area contributed by atoms with Gasteiger partial charge in [0.05, 0.1) is 6.54 Å². The van der Waals surface area contributed by atoms with Crippen molar-refractivity contribution in [3.05, 3.63) is 56.5 Å². The van der Waals surface area contributed by atoms with Crippen LogP contribution in [0.2, 0.25) is 0 Å². The van der Waals surface area contributed by atoms with Crippen molar-refractivity contribution in [3.63, 3.8) is 0 Å². The molecule has 0 amide bonds. The van der Waals surface area contributed by atoms with Crippen molar-refractivity contribution >= 4 is 17.1 Å². The van der Waals surface area contributed by atoms with Gasteiger partial charge in [-0.25, -0.2) is 9.18 Å². The fourth-order valence-electron chi connectivity index (χ4n) is 3.78. The summed E-state index contributed by atoms with van der Waals surface area (Å²) in [5, 5.41) is 0. The van der Waals surface area contributed by atoms with Crippen molar-refractivity contribution in [3.8, 4) is 0 Å². The summed E-state index contributed by atoms with van der Waals surface area (Å²) in [6.45, 7) is 3.98. The highest BCUT2D eigenvalue weighted by Gasteiger charge is 2.25. The molecule has 1 N–H and O–H groups in total. The van der Waals surface area contributed by atoms with Gasteiger partial charge in [0.2, 0.25) is 5.95 Å². The van der Waals surface area contributed by atoms with Crippen LogP contribution in [-0.4, -0.2) is 32.2 Å². The monoisotopic (exact) mass is 371 g/mol. The SMILES string of the molecule is CC1CCCN(c2nc3c(c(=O)[nH]c(=O)n3C)n2Cc2ccccc2F)C1. The number of fused-ring (bicyclic) bond motifs is 1. The van der Waals surface area contributed by atoms with Crippen molar-refractivity contribution in [2.24, 2.45) is 13.0 Å². The molecule has 1 fully saturated rings. The molecule has 3 heterocycles. The number of H-pyrrole nitrogens is 1. The number of aryl methyl sites for hydroxylation is 1. The van der Waals surface area contributed by atoms with Crippen LogP contribution in [0.4, 0.5) is 10.3 Å². The third-order valence-corrected chi connectivity index (χ3v) is 5.21. The predicted octanol–water partition coefficient (Wildman–Crippen LogP) is 1.85. The average Bonchev–Trinajstić information content (AvgIpc) is 3.02. The van der Waals surface area contributed by atoms with Gasteiger partial charge in [0.25, 0.3) is 5.56 Å². The number of rotatable bonds is 3. The van der Waals surface area contributed by atoms with E-state index in [9.17, 15) is 14.0 Å². The van der Waals surface area contributed by atoms with Gasteiger partial charge in [-0.05, 0) is 24.8 Å². The summed E-state index contributed by atoms with van der Waals surface area (Å²) in [7, 11) is 1.57. The first kappa shape index (κ1) is 17.5. The average molecular weight is 371 g/mol. The molecule has 2 aromatic heterocycles. The fraction of sp³-hybridized carbons (Fsp3) is 0.421. The normalized spacial score (nSPS) is 17.6. The minimum atomic E-state index is -0.512. The van der Waals surface area contributed by atoms with Crippen LogP contribution in [0.25, 0.3) is 11.2 Å². The zero-order valence-electron chi connectivity index (χ0n) is 15.4. The second-order valence-electron chi connectivity index (χ2n) is 7.27. The summed E-state index contributed by atoms with van der Waals surface area (Å²) >= 11 is 0. The number of anilines is 1. The fourth-order valence-corrected chi connectivity index (χ4v) is 3.78. The van der Waals surface area contributed by atoms with E-state index in [2.05, 4.69) is 21.8 Å². The van der Waals surface area contributed by atoms with Crippen molar-refractivity contribution < 1.29 is 4.39 Å². The molecule has 0 aliphatic carbocycles. The molecule has 1 saturated heterocycles. The Kier molecular flexibility index (Phi) is 4.33. The molecular weight excluding hydrogens is 349 g/mol. The van der Waals surface area contributed by atoms with Gasteiger partial charge in [-0.3, -0.25) is 18.9 Å². The molecule has 1 aliphatic rings. The highest BCUT2D eigenvalue weighted by molar-refractivity contribution is 5.74. The smallest absolute Gasteiger partial charge is 0.329 e. The van der Waals surface area contributed by atoms with E-state index in [1.807, 2.05) is 0 Å². The predicted molar refractivity (Wildman–Crippen MR) is 102 cm³/mol. The van der Waals surface area contributed by atoms with Crippen LogP contribution in [0, 0.1) is 11.7 Å². The molecule has 4 rings (SSSR count). The van der Waals surface area contributed by atoms with Crippen molar-refractivity contribution in [1.82, 2.24) is 19.1 Å². The van der Waals surface area contributed by atoms with E-state index in [0.717, 1.165) is 25.9 Å². The van der Waals surface area contributed by atoms with Crippen LogP contribution in [0.3, 0.4) is 0 Å². The van der Waals surface area contributed by atoms with Gasteiger partial charge in [0, 0.05) is 25.7 Å². The van der Waals surface area contributed by atoms with Crippen LogP contribution in [-0.2, 0) is 13.6 Å². The molecule has 27 heavy (non-hydrogen) atoms. The van der Waals surface area contributed by atoms with E-state index in [-0.39, 0.29) is 17.9 Å². The van der Waals surface area contributed by atoms with Crippen molar-refractivity contribution in [2.45, 2.75) is 26.3 Å². The molecule has 1 atom stereocenters. The molecule has 0 spiro atoms.